The monoisotopic (exact) mass is 258 g/mol. The largest absolute Gasteiger partial charge is 0.382 e. The molecular formula is C17H26N2. The Hall–Kier alpha value is -1.02. The number of benzene rings is 1. The van der Waals surface area contributed by atoms with Gasteiger partial charge in [-0.3, -0.25) is 4.90 Å². The minimum absolute atomic E-state index is 0.584. The fourth-order valence-corrected chi connectivity index (χ4v) is 3.88. The van der Waals surface area contributed by atoms with Crippen LogP contribution in [0, 0.1) is 13.8 Å². The maximum atomic E-state index is 3.68. The van der Waals surface area contributed by atoms with Crippen molar-refractivity contribution in [2.24, 2.45) is 0 Å². The predicted molar refractivity (Wildman–Crippen MR) is 81.8 cm³/mol. The molecule has 2 heteroatoms. The number of rotatable bonds is 1. The lowest BCUT2D eigenvalue weighted by Crippen LogP contribution is -2.39. The zero-order valence-electron chi connectivity index (χ0n) is 12.5. The second kappa shape index (κ2) is 5.16. The highest BCUT2D eigenvalue weighted by molar-refractivity contribution is 5.60. The second-order valence-corrected chi connectivity index (χ2v) is 6.44. The summed E-state index contributed by atoms with van der Waals surface area (Å²) in [5, 5.41) is 3.68. The van der Waals surface area contributed by atoms with E-state index in [2.05, 4.69) is 43.1 Å². The van der Waals surface area contributed by atoms with Crippen molar-refractivity contribution >= 4 is 5.69 Å². The third-order valence-corrected chi connectivity index (χ3v) is 4.67. The summed E-state index contributed by atoms with van der Waals surface area (Å²) < 4.78 is 0. The van der Waals surface area contributed by atoms with Crippen molar-refractivity contribution < 1.29 is 0 Å². The summed E-state index contributed by atoms with van der Waals surface area (Å²) in [4.78, 5) is 2.72. The van der Waals surface area contributed by atoms with Crippen LogP contribution in [0.4, 0.5) is 5.69 Å². The molecule has 2 nitrogen and oxygen atoms in total. The van der Waals surface area contributed by atoms with Crippen LogP contribution in [0.5, 0.6) is 0 Å². The van der Waals surface area contributed by atoms with Gasteiger partial charge < -0.3 is 5.32 Å². The Kier molecular flexibility index (Phi) is 3.53. The van der Waals surface area contributed by atoms with Crippen LogP contribution in [0.15, 0.2) is 12.1 Å². The molecule has 1 N–H and O–H groups in total. The number of aryl methyl sites for hydroxylation is 2. The minimum atomic E-state index is 0.584. The zero-order valence-corrected chi connectivity index (χ0v) is 12.5. The Morgan fingerprint density at radius 3 is 2.58 bits per heavy atom. The van der Waals surface area contributed by atoms with Gasteiger partial charge in [0, 0.05) is 17.8 Å². The molecule has 2 aliphatic rings. The van der Waals surface area contributed by atoms with Gasteiger partial charge in [-0.1, -0.05) is 12.5 Å². The number of hydrogen-bond donors (Lipinski definition) is 1. The van der Waals surface area contributed by atoms with Crippen LogP contribution < -0.4 is 5.32 Å². The Labute approximate surface area is 117 Å². The summed E-state index contributed by atoms with van der Waals surface area (Å²) in [5.41, 5.74) is 5.78. The number of likely N-dealkylation sites (tertiary alicyclic amines) is 1. The molecule has 1 saturated heterocycles. The van der Waals surface area contributed by atoms with Crippen LogP contribution in [0.25, 0.3) is 0 Å². The fraction of sp³-hybridized carbons (Fsp3) is 0.647. The quantitative estimate of drug-likeness (QED) is 0.818. The molecule has 0 spiro atoms. The molecule has 2 heterocycles. The van der Waals surface area contributed by atoms with E-state index in [-0.39, 0.29) is 0 Å². The van der Waals surface area contributed by atoms with E-state index in [1.54, 1.807) is 5.56 Å². The summed E-state index contributed by atoms with van der Waals surface area (Å²) in [7, 11) is 0. The number of hydrogen-bond acceptors (Lipinski definition) is 2. The first kappa shape index (κ1) is 13.0. The van der Waals surface area contributed by atoms with Crippen molar-refractivity contribution in [3.05, 3.63) is 28.8 Å². The van der Waals surface area contributed by atoms with E-state index in [9.17, 15) is 0 Å². The molecule has 0 amide bonds. The topological polar surface area (TPSA) is 15.3 Å². The molecule has 19 heavy (non-hydrogen) atoms. The van der Waals surface area contributed by atoms with E-state index in [4.69, 9.17) is 0 Å². The standard InChI is InChI=1S/C17H26N2/c1-12-9-13(2)17-15(10-12)18-14(3)11-16(17)19-7-5-4-6-8-19/h9-10,14,16,18H,4-8,11H2,1-3H3. The Bertz CT molecular complexity index is 461. The smallest absolute Gasteiger partial charge is 0.0396 e. The third kappa shape index (κ3) is 2.51. The second-order valence-electron chi connectivity index (χ2n) is 6.44. The van der Waals surface area contributed by atoms with Crippen LogP contribution in [0.2, 0.25) is 0 Å². The van der Waals surface area contributed by atoms with E-state index in [1.807, 2.05) is 0 Å². The average molecular weight is 258 g/mol. The highest BCUT2D eigenvalue weighted by Gasteiger charge is 2.31. The van der Waals surface area contributed by atoms with Crippen molar-refractivity contribution in [2.75, 3.05) is 18.4 Å². The number of nitrogens with zero attached hydrogens (tertiary/aromatic N) is 1. The fourth-order valence-electron chi connectivity index (χ4n) is 3.88. The number of nitrogens with one attached hydrogen (secondary N) is 1. The molecule has 0 bridgehead atoms. The predicted octanol–water partition coefficient (Wildman–Crippen LogP) is 4.03. The molecule has 1 fully saturated rings. The van der Waals surface area contributed by atoms with E-state index < -0.39 is 0 Å². The van der Waals surface area contributed by atoms with Crippen molar-refractivity contribution in [3.8, 4) is 0 Å². The molecule has 2 atom stereocenters. The molecule has 2 unspecified atom stereocenters. The first-order chi connectivity index (χ1) is 9.15. The molecule has 0 aliphatic carbocycles. The lowest BCUT2D eigenvalue weighted by Gasteiger charge is -2.41. The maximum absolute atomic E-state index is 3.68. The molecule has 0 aromatic heterocycles. The highest BCUT2D eigenvalue weighted by Crippen LogP contribution is 2.40. The van der Waals surface area contributed by atoms with Gasteiger partial charge in [-0.05, 0) is 75.9 Å². The van der Waals surface area contributed by atoms with Gasteiger partial charge in [0.15, 0.2) is 0 Å². The van der Waals surface area contributed by atoms with E-state index >= 15 is 0 Å². The molecule has 1 aromatic carbocycles. The normalized spacial score (nSPS) is 27.7. The van der Waals surface area contributed by atoms with Crippen molar-refractivity contribution in [2.45, 2.75) is 58.5 Å². The van der Waals surface area contributed by atoms with Gasteiger partial charge in [0.25, 0.3) is 0 Å². The molecular weight excluding hydrogens is 232 g/mol. The van der Waals surface area contributed by atoms with Gasteiger partial charge in [-0.15, -0.1) is 0 Å². The van der Waals surface area contributed by atoms with Crippen LogP contribution in [-0.2, 0) is 0 Å². The van der Waals surface area contributed by atoms with Gasteiger partial charge in [0.05, 0.1) is 0 Å². The summed E-state index contributed by atoms with van der Waals surface area (Å²) in [6, 6.07) is 5.88. The third-order valence-electron chi connectivity index (χ3n) is 4.67. The van der Waals surface area contributed by atoms with Crippen LogP contribution >= 0.6 is 0 Å². The van der Waals surface area contributed by atoms with Crippen molar-refractivity contribution in [1.82, 2.24) is 4.90 Å². The molecule has 2 aliphatic heterocycles. The summed E-state index contributed by atoms with van der Waals surface area (Å²) >= 11 is 0. The highest BCUT2D eigenvalue weighted by atomic mass is 15.2. The number of piperidine rings is 1. The van der Waals surface area contributed by atoms with Gasteiger partial charge in [-0.2, -0.15) is 0 Å². The first-order valence-corrected chi connectivity index (χ1v) is 7.77. The molecule has 0 saturated carbocycles. The van der Waals surface area contributed by atoms with Gasteiger partial charge >= 0.3 is 0 Å². The summed E-state index contributed by atoms with van der Waals surface area (Å²) in [6.07, 6.45) is 5.41. The lowest BCUT2D eigenvalue weighted by atomic mass is 9.87. The Balaban J connectivity index is 1.98. The van der Waals surface area contributed by atoms with Crippen LogP contribution in [0.3, 0.4) is 0 Å². The first-order valence-electron chi connectivity index (χ1n) is 7.77. The molecule has 1 aromatic rings. The zero-order chi connectivity index (χ0) is 13.4. The SMILES string of the molecule is Cc1cc(C)c2c(c1)NC(C)CC2N1CCCCC1. The maximum Gasteiger partial charge on any atom is 0.0396 e. The summed E-state index contributed by atoms with van der Waals surface area (Å²) in [6.45, 7) is 9.36. The molecule has 104 valence electrons. The number of fused-ring (bicyclic) bond motifs is 1. The van der Waals surface area contributed by atoms with Gasteiger partial charge in [0.1, 0.15) is 0 Å². The van der Waals surface area contributed by atoms with E-state index in [1.165, 1.54) is 55.6 Å². The Morgan fingerprint density at radius 1 is 1.11 bits per heavy atom. The Morgan fingerprint density at radius 2 is 1.84 bits per heavy atom. The average Bonchev–Trinajstić information content (AvgIpc) is 2.38. The van der Waals surface area contributed by atoms with E-state index in [0.717, 1.165) is 0 Å². The van der Waals surface area contributed by atoms with Gasteiger partial charge in [0.2, 0.25) is 0 Å². The van der Waals surface area contributed by atoms with E-state index in [0.29, 0.717) is 12.1 Å². The molecule has 0 radical (unpaired) electrons. The number of anilines is 1. The van der Waals surface area contributed by atoms with Crippen molar-refractivity contribution in [1.29, 1.82) is 0 Å². The van der Waals surface area contributed by atoms with Crippen LogP contribution in [-0.4, -0.2) is 24.0 Å². The molecule has 3 rings (SSSR count). The van der Waals surface area contributed by atoms with Gasteiger partial charge in [-0.25, -0.2) is 0 Å². The van der Waals surface area contributed by atoms with Crippen LogP contribution in [0.1, 0.15) is 55.3 Å². The lowest BCUT2D eigenvalue weighted by molar-refractivity contribution is 0.149. The van der Waals surface area contributed by atoms with Crippen molar-refractivity contribution in [3.63, 3.8) is 0 Å². The summed E-state index contributed by atoms with van der Waals surface area (Å²) in [5.74, 6) is 0. The minimum Gasteiger partial charge on any atom is -0.382 e.